The molecule has 4 heteroatoms. The maximum absolute atomic E-state index is 10.9. The second-order valence-electron chi connectivity index (χ2n) is 4.95. The zero-order valence-corrected chi connectivity index (χ0v) is 11.6. The van der Waals surface area contributed by atoms with Crippen LogP contribution in [0.3, 0.4) is 0 Å². The number of benzene rings is 1. The summed E-state index contributed by atoms with van der Waals surface area (Å²) in [6.45, 7) is 3.98. The standard InChI is InChI=1S/C16H16N2O2/c1-10(19)6-8-20-12-3-4-13-14-5-7-17-11(2)16(14)18-15(13)9-12/h3-5,7,9,18H,6,8H2,1-2H3. The summed E-state index contributed by atoms with van der Waals surface area (Å²) < 4.78 is 5.59. The van der Waals surface area contributed by atoms with Gasteiger partial charge in [0.05, 0.1) is 23.3 Å². The number of hydrogen-bond donors (Lipinski definition) is 1. The quantitative estimate of drug-likeness (QED) is 0.789. The van der Waals surface area contributed by atoms with Crippen molar-refractivity contribution in [2.75, 3.05) is 6.61 Å². The summed E-state index contributed by atoms with van der Waals surface area (Å²) in [4.78, 5) is 18.6. The van der Waals surface area contributed by atoms with Gasteiger partial charge in [-0.15, -0.1) is 0 Å². The Kier molecular flexibility index (Phi) is 3.14. The van der Waals surface area contributed by atoms with Crippen molar-refractivity contribution in [3.8, 4) is 5.75 Å². The average molecular weight is 268 g/mol. The van der Waals surface area contributed by atoms with Crippen LogP contribution in [0.5, 0.6) is 5.75 Å². The molecule has 0 atom stereocenters. The second kappa shape index (κ2) is 4.96. The Morgan fingerprint density at radius 3 is 2.95 bits per heavy atom. The molecular formula is C16H16N2O2. The number of ketones is 1. The molecule has 2 aromatic heterocycles. The number of aromatic nitrogens is 2. The SMILES string of the molecule is CC(=O)CCOc1ccc2c(c1)[nH]c1c(C)nccc12. The van der Waals surface area contributed by atoms with E-state index in [2.05, 4.69) is 9.97 Å². The first kappa shape index (κ1) is 12.7. The third-order valence-corrected chi connectivity index (χ3v) is 3.40. The molecule has 4 nitrogen and oxygen atoms in total. The Labute approximate surface area is 116 Å². The minimum absolute atomic E-state index is 0.137. The molecule has 0 unspecified atom stereocenters. The molecule has 0 saturated carbocycles. The number of nitrogens with one attached hydrogen (secondary N) is 1. The molecule has 0 amide bonds. The van der Waals surface area contributed by atoms with Crippen LogP contribution < -0.4 is 4.74 Å². The van der Waals surface area contributed by atoms with Gasteiger partial charge in [-0.1, -0.05) is 0 Å². The second-order valence-corrected chi connectivity index (χ2v) is 4.95. The Bertz CT molecular complexity index is 790. The van der Waals surface area contributed by atoms with Crippen LogP contribution >= 0.6 is 0 Å². The Hall–Kier alpha value is -2.36. The van der Waals surface area contributed by atoms with Crippen LogP contribution in [0.2, 0.25) is 0 Å². The highest BCUT2D eigenvalue weighted by molar-refractivity contribution is 6.08. The Morgan fingerprint density at radius 1 is 1.30 bits per heavy atom. The highest BCUT2D eigenvalue weighted by Gasteiger charge is 2.07. The van der Waals surface area contributed by atoms with E-state index in [1.54, 1.807) is 6.92 Å². The predicted octanol–water partition coefficient (Wildman–Crippen LogP) is 3.38. The maximum atomic E-state index is 10.9. The molecule has 0 spiro atoms. The van der Waals surface area contributed by atoms with Crippen molar-refractivity contribution in [3.05, 3.63) is 36.2 Å². The van der Waals surface area contributed by atoms with E-state index in [1.165, 1.54) is 5.39 Å². The molecule has 0 radical (unpaired) electrons. The van der Waals surface area contributed by atoms with E-state index in [-0.39, 0.29) is 5.78 Å². The number of pyridine rings is 1. The van der Waals surface area contributed by atoms with Crippen LogP contribution in [0.4, 0.5) is 0 Å². The third-order valence-electron chi connectivity index (χ3n) is 3.40. The zero-order valence-electron chi connectivity index (χ0n) is 11.6. The predicted molar refractivity (Wildman–Crippen MR) is 79.1 cm³/mol. The number of H-pyrrole nitrogens is 1. The first-order valence-electron chi connectivity index (χ1n) is 6.64. The lowest BCUT2D eigenvalue weighted by molar-refractivity contribution is -0.117. The summed E-state index contributed by atoms with van der Waals surface area (Å²) in [6, 6.07) is 7.95. The first-order chi connectivity index (χ1) is 9.65. The fraction of sp³-hybridized carbons (Fsp3) is 0.250. The third kappa shape index (κ3) is 2.25. The molecule has 3 rings (SSSR count). The van der Waals surface area contributed by atoms with Gasteiger partial charge in [-0.05, 0) is 32.0 Å². The smallest absolute Gasteiger partial charge is 0.133 e. The van der Waals surface area contributed by atoms with Gasteiger partial charge in [0, 0.05) is 29.5 Å². The van der Waals surface area contributed by atoms with Crippen LogP contribution in [0, 0.1) is 6.92 Å². The van der Waals surface area contributed by atoms with E-state index in [0.29, 0.717) is 13.0 Å². The summed E-state index contributed by atoms with van der Waals surface area (Å²) in [5, 5.41) is 2.33. The summed E-state index contributed by atoms with van der Waals surface area (Å²) in [7, 11) is 0. The van der Waals surface area contributed by atoms with E-state index in [0.717, 1.165) is 27.9 Å². The number of carbonyl (C=O) groups excluding carboxylic acids is 1. The average Bonchev–Trinajstić information content (AvgIpc) is 2.78. The Morgan fingerprint density at radius 2 is 2.15 bits per heavy atom. The number of ether oxygens (including phenoxy) is 1. The molecule has 0 aliphatic rings. The number of carbonyl (C=O) groups is 1. The molecule has 0 aliphatic heterocycles. The van der Waals surface area contributed by atoms with E-state index < -0.39 is 0 Å². The van der Waals surface area contributed by atoms with E-state index in [4.69, 9.17) is 4.74 Å². The number of rotatable bonds is 4. The van der Waals surface area contributed by atoms with Gasteiger partial charge in [-0.25, -0.2) is 0 Å². The van der Waals surface area contributed by atoms with Crippen molar-refractivity contribution >= 4 is 27.6 Å². The summed E-state index contributed by atoms with van der Waals surface area (Å²) in [5.41, 5.74) is 3.07. The topological polar surface area (TPSA) is 55.0 Å². The minimum Gasteiger partial charge on any atom is -0.493 e. The van der Waals surface area contributed by atoms with Crippen LogP contribution in [0.15, 0.2) is 30.5 Å². The first-order valence-corrected chi connectivity index (χ1v) is 6.64. The highest BCUT2D eigenvalue weighted by Crippen LogP contribution is 2.29. The van der Waals surface area contributed by atoms with E-state index in [1.807, 2.05) is 37.4 Å². The van der Waals surface area contributed by atoms with Crippen LogP contribution in [-0.4, -0.2) is 22.4 Å². The van der Waals surface area contributed by atoms with E-state index >= 15 is 0 Å². The minimum atomic E-state index is 0.137. The molecule has 2 heterocycles. The number of nitrogens with zero attached hydrogens (tertiary/aromatic N) is 1. The van der Waals surface area contributed by atoms with Gasteiger partial charge in [0.2, 0.25) is 0 Å². The molecule has 102 valence electrons. The molecule has 0 bridgehead atoms. The van der Waals surface area contributed by atoms with Gasteiger partial charge in [-0.2, -0.15) is 0 Å². The summed E-state index contributed by atoms with van der Waals surface area (Å²) >= 11 is 0. The van der Waals surface area contributed by atoms with Crippen molar-refractivity contribution in [3.63, 3.8) is 0 Å². The van der Waals surface area contributed by atoms with E-state index in [9.17, 15) is 4.79 Å². The van der Waals surface area contributed by atoms with Gasteiger partial charge in [0.25, 0.3) is 0 Å². The molecule has 20 heavy (non-hydrogen) atoms. The van der Waals surface area contributed by atoms with Crippen molar-refractivity contribution in [1.82, 2.24) is 9.97 Å². The normalized spacial score (nSPS) is 11.1. The number of hydrogen-bond acceptors (Lipinski definition) is 3. The van der Waals surface area contributed by atoms with Crippen LogP contribution in [-0.2, 0) is 4.79 Å². The van der Waals surface area contributed by atoms with Crippen LogP contribution in [0.1, 0.15) is 19.0 Å². The molecule has 0 saturated heterocycles. The van der Waals surface area contributed by atoms with Gasteiger partial charge >= 0.3 is 0 Å². The summed E-state index contributed by atoms with van der Waals surface area (Å²) in [6.07, 6.45) is 2.26. The fourth-order valence-electron chi connectivity index (χ4n) is 2.35. The molecular weight excluding hydrogens is 252 g/mol. The maximum Gasteiger partial charge on any atom is 0.133 e. The zero-order chi connectivity index (χ0) is 14.1. The van der Waals surface area contributed by atoms with Gasteiger partial charge in [0.1, 0.15) is 11.5 Å². The largest absolute Gasteiger partial charge is 0.493 e. The molecule has 1 N–H and O–H groups in total. The lowest BCUT2D eigenvalue weighted by Crippen LogP contribution is -2.02. The monoisotopic (exact) mass is 268 g/mol. The number of aryl methyl sites for hydroxylation is 1. The van der Waals surface area contributed by atoms with Gasteiger partial charge in [-0.3, -0.25) is 9.78 Å². The molecule has 3 aromatic rings. The van der Waals surface area contributed by atoms with Gasteiger partial charge < -0.3 is 9.72 Å². The van der Waals surface area contributed by atoms with Crippen LogP contribution in [0.25, 0.3) is 21.8 Å². The molecule has 1 aromatic carbocycles. The number of Topliss-reactive ketones (excluding diaryl/α,β-unsaturated/α-hetero) is 1. The molecule has 0 fully saturated rings. The summed E-state index contributed by atoms with van der Waals surface area (Å²) in [5.74, 6) is 0.911. The lowest BCUT2D eigenvalue weighted by atomic mass is 10.1. The van der Waals surface area contributed by atoms with Crippen molar-refractivity contribution in [2.24, 2.45) is 0 Å². The van der Waals surface area contributed by atoms with Crippen molar-refractivity contribution in [2.45, 2.75) is 20.3 Å². The van der Waals surface area contributed by atoms with Gasteiger partial charge in [0.15, 0.2) is 0 Å². The molecule has 0 aliphatic carbocycles. The fourth-order valence-corrected chi connectivity index (χ4v) is 2.35. The van der Waals surface area contributed by atoms with Crippen molar-refractivity contribution < 1.29 is 9.53 Å². The number of fused-ring (bicyclic) bond motifs is 3. The number of aromatic amines is 1. The lowest BCUT2D eigenvalue weighted by Gasteiger charge is -2.04. The Balaban J connectivity index is 1.97. The van der Waals surface area contributed by atoms with Crippen molar-refractivity contribution in [1.29, 1.82) is 0 Å². The highest BCUT2D eigenvalue weighted by atomic mass is 16.5.